The van der Waals surface area contributed by atoms with Crippen molar-refractivity contribution in [3.63, 3.8) is 0 Å². The highest BCUT2D eigenvalue weighted by atomic mass is 35.5. The Morgan fingerprint density at radius 2 is 1.80 bits per heavy atom. The molecule has 3 heterocycles. The first-order chi connectivity index (χ1) is 21.1. The number of nitrogens with one attached hydrogen (secondary N) is 2. The number of hydrogen-bond donors (Lipinski definition) is 3. The molecule has 44 heavy (non-hydrogen) atoms. The zero-order valence-electron chi connectivity index (χ0n) is 23.2. The fourth-order valence-corrected chi connectivity index (χ4v) is 7.44. The van der Waals surface area contributed by atoms with Crippen molar-refractivity contribution < 1.29 is 31.4 Å². The molecule has 0 unspecified atom stereocenters. The summed E-state index contributed by atoms with van der Waals surface area (Å²) < 4.78 is 80.6. The highest BCUT2D eigenvalue weighted by Gasteiger charge is 2.33. The van der Waals surface area contributed by atoms with Crippen molar-refractivity contribution in [1.29, 1.82) is 0 Å². The fourth-order valence-electron chi connectivity index (χ4n) is 5.89. The second-order valence-electron chi connectivity index (χ2n) is 11.3. The van der Waals surface area contributed by atoms with Crippen LogP contribution in [0.1, 0.15) is 37.4 Å². The van der Waals surface area contributed by atoms with Gasteiger partial charge in [0, 0.05) is 47.5 Å². The van der Waals surface area contributed by atoms with Crippen molar-refractivity contribution in [1.82, 2.24) is 14.9 Å². The third-order valence-electron chi connectivity index (χ3n) is 8.31. The molecule has 1 saturated carbocycles. The second-order valence-corrected chi connectivity index (χ2v) is 13.4. The van der Waals surface area contributed by atoms with Crippen LogP contribution in [0.5, 0.6) is 5.75 Å². The Morgan fingerprint density at radius 3 is 2.55 bits per heavy atom. The molecule has 0 spiro atoms. The van der Waals surface area contributed by atoms with Crippen LogP contribution in [0.25, 0.3) is 22.0 Å². The van der Waals surface area contributed by atoms with Crippen LogP contribution >= 0.6 is 11.6 Å². The smallest absolute Gasteiger partial charge is 0.265 e. The Morgan fingerprint density at radius 1 is 1.02 bits per heavy atom. The minimum Gasteiger partial charge on any atom is -0.489 e. The van der Waals surface area contributed by atoms with Gasteiger partial charge in [0.15, 0.2) is 5.82 Å². The van der Waals surface area contributed by atoms with E-state index in [1.807, 2.05) is 0 Å². The van der Waals surface area contributed by atoms with Gasteiger partial charge in [-0.1, -0.05) is 11.6 Å². The Bertz CT molecular complexity index is 1900. The number of piperidine rings is 1. The van der Waals surface area contributed by atoms with Crippen LogP contribution < -0.4 is 14.8 Å². The maximum Gasteiger partial charge on any atom is 0.265 e. The number of ether oxygens (including phenoxy) is 1. The summed E-state index contributed by atoms with van der Waals surface area (Å²) in [6.45, 7) is 1.81. The summed E-state index contributed by atoms with van der Waals surface area (Å²) >= 11 is 6.06. The van der Waals surface area contributed by atoms with Crippen LogP contribution in [0.3, 0.4) is 0 Å². The summed E-state index contributed by atoms with van der Waals surface area (Å²) in [6, 6.07) is 7.72. The lowest BCUT2D eigenvalue weighted by Gasteiger charge is -2.32. The average molecular weight is 646 g/mol. The third-order valence-corrected chi connectivity index (χ3v) is 9.90. The minimum atomic E-state index is -4.54. The molecule has 0 radical (unpaired) electrons. The van der Waals surface area contributed by atoms with Crippen LogP contribution in [-0.2, 0) is 10.0 Å². The number of likely N-dealkylation sites (tertiary alicyclic amines) is 1. The summed E-state index contributed by atoms with van der Waals surface area (Å²) in [5.74, 6) is -3.18. The molecule has 0 amide bonds. The summed E-state index contributed by atoms with van der Waals surface area (Å²) in [4.78, 5) is 10.7. The topological polar surface area (TPSA) is 117 Å². The van der Waals surface area contributed by atoms with Crippen molar-refractivity contribution in [2.24, 2.45) is 0 Å². The lowest BCUT2D eigenvalue weighted by atomic mass is 10.0. The maximum atomic E-state index is 15.8. The van der Waals surface area contributed by atoms with Crippen molar-refractivity contribution in [2.75, 3.05) is 29.7 Å². The lowest BCUT2D eigenvalue weighted by Crippen LogP contribution is -2.40. The van der Waals surface area contributed by atoms with Gasteiger partial charge in [-0.2, -0.15) is 0 Å². The molecule has 7 rings (SSSR count). The molecule has 3 aromatic carbocycles. The first kappa shape index (κ1) is 29.1. The van der Waals surface area contributed by atoms with Gasteiger partial charge < -0.3 is 20.1 Å². The Balaban J connectivity index is 1.17. The minimum absolute atomic E-state index is 0.00622. The number of fused-ring (bicyclic) bond motifs is 2. The molecule has 1 atom stereocenters. The number of halogens is 4. The van der Waals surface area contributed by atoms with Crippen LogP contribution in [0.2, 0.25) is 5.02 Å². The van der Waals surface area contributed by atoms with Crippen LogP contribution in [-0.4, -0.2) is 60.2 Å². The standard InChI is InChI=1S/C30H27ClF3N5O4S/c31-15-11-19-24(40)14-43-29(19)25(12-15)44(41,42)38-23-6-4-21(32)26(28(23)34)18-3-5-22-20(27(18)33)13-35-30(37-22)36-16-7-9-39(10-8-16)17-1-2-17/h3-6,11-13,16-17,24,38,40H,1-2,7-10,14H2,(H,35,36,37)/t24-/m1/s1. The quantitative estimate of drug-likeness (QED) is 0.237. The molecule has 3 N–H and O–H groups in total. The second kappa shape index (κ2) is 11.1. The Kier molecular flexibility index (Phi) is 7.31. The molecule has 3 aliphatic rings. The Labute approximate surface area is 256 Å². The molecule has 1 aliphatic carbocycles. The van der Waals surface area contributed by atoms with Crippen molar-refractivity contribution in [3.05, 3.63) is 70.6 Å². The highest BCUT2D eigenvalue weighted by Crippen LogP contribution is 2.42. The summed E-state index contributed by atoms with van der Waals surface area (Å²) in [5, 5.41) is 13.4. The maximum absolute atomic E-state index is 15.8. The third kappa shape index (κ3) is 5.31. The van der Waals surface area contributed by atoms with E-state index in [1.54, 1.807) is 0 Å². The molecular weight excluding hydrogens is 619 g/mol. The SMILES string of the molecule is O=S(=O)(Nc1ccc(F)c(-c2ccc3nc(NC4CCN(C5CC5)CC4)ncc3c2F)c1F)c1cc(Cl)cc2c1OC[C@H]2O. The molecular formula is C30H27ClF3N5O4S. The number of anilines is 2. The highest BCUT2D eigenvalue weighted by molar-refractivity contribution is 7.92. The zero-order valence-corrected chi connectivity index (χ0v) is 24.7. The monoisotopic (exact) mass is 645 g/mol. The molecule has 2 fully saturated rings. The van der Waals surface area contributed by atoms with Gasteiger partial charge in [-0.25, -0.2) is 31.6 Å². The summed E-state index contributed by atoms with van der Waals surface area (Å²) in [5.41, 5.74) is -1.42. The number of benzene rings is 3. The van der Waals surface area contributed by atoms with E-state index in [2.05, 4.69) is 24.9 Å². The van der Waals surface area contributed by atoms with Crippen LogP contribution in [0, 0.1) is 17.5 Å². The number of aliphatic hydroxyl groups excluding tert-OH is 1. The molecule has 0 bridgehead atoms. The van der Waals surface area contributed by atoms with E-state index in [4.69, 9.17) is 16.3 Å². The number of sulfonamides is 1. The van der Waals surface area contributed by atoms with Gasteiger partial charge in [-0.3, -0.25) is 4.72 Å². The van der Waals surface area contributed by atoms with Crippen molar-refractivity contribution >= 4 is 44.2 Å². The molecule has 1 aromatic heterocycles. The van der Waals surface area contributed by atoms with E-state index in [1.165, 1.54) is 37.2 Å². The predicted octanol–water partition coefficient (Wildman–Crippen LogP) is 5.63. The predicted molar refractivity (Wildman–Crippen MR) is 159 cm³/mol. The number of nitrogens with zero attached hydrogens (tertiary/aromatic N) is 3. The van der Waals surface area contributed by atoms with Gasteiger partial charge in [-0.05, 0) is 62.1 Å². The molecule has 9 nitrogen and oxygen atoms in total. The Hall–Kier alpha value is -3.65. The summed E-state index contributed by atoms with van der Waals surface area (Å²) in [7, 11) is -4.54. The van der Waals surface area contributed by atoms with Crippen LogP contribution in [0.15, 0.2) is 47.5 Å². The normalized spacial score (nSPS) is 19.2. The first-order valence-electron chi connectivity index (χ1n) is 14.2. The number of aromatic nitrogens is 2. The van der Waals surface area contributed by atoms with Gasteiger partial charge in [0.25, 0.3) is 10.0 Å². The first-order valence-corrected chi connectivity index (χ1v) is 16.1. The molecule has 230 valence electrons. The van der Waals surface area contributed by atoms with E-state index in [-0.39, 0.29) is 39.9 Å². The average Bonchev–Trinajstić information content (AvgIpc) is 3.78. The molecule has 14 heteroatoms. The van der Waals surface area contributed by atoms with Crippen LogP contribution in [0.4, 0.5) is 24.8 Å². The number of hydrogen-bond acceptors (Lipinski definition) is 8. The summed E-state index contributed by atoms with van der Waals surface area (Å²) in [6.07, 6.45) is 4.58. The van der Waals surface area contributed by atoms with E-state index in [9.17, 15) is 13.5 Å². The zero-order chi connectivity index (χ0) is 30.7. The van der Waals surface area contributed by atoms with E-state index in [0.717, 1.165) is 44.1 Å². The van der Waals surface area contributed by atoms with Crippen molar-refractivity contribution in [2.45, 2.75) is 48.8 Å². The number of rotatable bonds is 7. The van der Waals surface area contributed by atoms with Gasteiger partial charge in [0.1, 0.15) is 35.0 Å². The van der Waals surface area contributed by atoms with E-state index < -0.39 is 55.3 Å². The van der Waals surface area contributed by atoms with Gasteiger partial charge in [-0.15, -0.1) is 0 Å². The van der Waals surface area contributed by atoms with Crippen molar-refractivity contribution in [3.8, 4) is 16.9 Å². The van der Waals surface area contributed by atoms with E-state index >= 15 is 13.2 Å². The van der Waals surface area contributed by atoms with Gasteiger partial charge >= 0.3 is 0 Å². The molecule has 2 aliphatic heterocycles. The van der Waals surface area contributed by atoms with Gasteiger partial charge in [0.2, 0.25) is 5.95 Å². The largest absolute Gasteiger partial charge is 0.489 e. The fraction of sp³-hybridized carbons (Fsp3) is 0.333. The molecule has 1 saturated heterocycles. The molecule has 4 aromatic rings. The lowest BCUT2D eigenvalue weighted by molar-refractivity contribution is 0.140. The van der Waals surface area contributed by atoms with Gasteiger partial charge in [0.05, 0.1) is 22.2 Å². The van der Waals surface area contributed by atoms with E-state index in [0.29, 0.717) is 12.0 Å². The number of aliphatic hydroxyl groups is 1.